The summed E-state index contributed by atoms with van der Waals surface area (Å²) in [6, 6.07) is 11.0. The number of nitrogens with one attached hydrogen (secondary N) is 2. The van der Waals surface area contributed by atoms with Gasteiger partial charge in [0.05, 0.1) is 27.8 Å². The first-order valence-corrected chi connectivity index (χ1v) is 10.7. The number of para-hydroxylation sites is 1. The van der Waals surface area contributed by atoms with E-state index in [0.29, 0.717) is 36.4 Å². The zero-order chi connectivity index (χ0) is 20.4. The van der Waals surface area contributed by atoms with Gasteiger partial charge >= 0.3 is 6.03 Å². The number of amides is 2. The van der Waals surface area contributed by atoms with E-state index in [1.54, 1.807) is 6.07 Å². The molecule has 2 N–H and O–H groups in total. The molecule has 0 aliphatic carbocycles. The second kappa shape index (κ2) is 8.52. The number of hydrogen-bond acceptors (Lipinski definition) is 5. The first kappa shape index (κ1) is 19.9. The van der Waals surface area contributed by atoms with Crippen molar-refractivity contribution in [3.63, 3.8) is 0 Å². The molecule has 1 aliphatic rings. The van der Waals surface area contributed by atoms with Gasteiger partial charge in [0.1, 0.15) is 5.82 Å². The molecule has 9 heteroatoms. The van der Waals surface area contributed by atoms with E-state index in [4.69, 9.17) is 11.6 Å². The summed E-state index contributed by atoms with van der Waals surface area (Å²) in [5.41, 5.74) is 0.582. The SMILES string of the molecule is CC(NC(=O)N1CCN(Cc2nc3ccccc3c(=O)[nH]2)CC1)c1ccc(Cl)s1. The van der Waals surface area contributed by atoms with Crippen LogP contribution in [0, 0.1) is 0 Å². The Morgan fingerprint density at radius 1 is 1.24 bits per heavy atom. The Kier molecular flexibility index (Phi) is 5.84. The van der Waals surface area contributed by atoms with Crippen molar-refractivity contribution in [2.75, 3.05) is 26.2 Å². The highest BCUT2D eigenvalue weighted by atomic mass is 35.5. The highest BCUT2D eigenvalue weighted by molar-refractivity contribution is 7.16. The molecule has 2 amide bonds. The maximum atomic E-state index is 12.6. The number of halogens is 1. The predicted octanol–water partition coefficient (Wildman–Crippen LogP) is 3.23. The van der Waals surface area contributed by atoms with E-state index in [1.807, 2.05) is 42.2 Å². The van der Waals surface area contributed by atoms with Crippen molar-refractivity contribution < 1.29 is 4.79 Å². The first-order chi connectivity index (χ1) is 14.0. The number of piperazine rings is 1. The van der Waals surface area contributed by atoms with Gasteiger partial charge in [-0.1, -0.05) is 23.7 Å². The average Bonchev–Trinajstić information content (AvgIpc) is 3.15. The van der Waals surface area contributed by atoms with E-state index in [0.717, 1.165) is 22.3 Å². The molecule has 3 heterocycles. The van der Waals surface area contributed by atoms with Crippen LogP contribution in [0.25, 0.3) is 10.9 Å². The molecule has 3 aromatic rings. The zero-order valence-electron chi connectivity index (χ0n) is 16.0. The highest BCUT2D eigenvalue weighted by Crippen LogP contribution is 2.26. The van der Waals surface area contributed by atoms with Gasteiger partial charge in [0.25, 0.3) is 5.56 Å². The van der Waals surface area contributed by atoms with Crippen LogP contribution in [-0.2, 0) is 6.54 Å². The molecule has 0 spiro atoms. The molecule has 1 aliphatic heterocycles. The van der Waals surface area contributed by atoms with E-state index in [2.05, 4.69) is 20.2 Å². The molecule has 0 saturated carbocycles. The van der Waals surface area contributed by atoms with Crippen molar-refractivity contribution in [3.05, 3.63) is 61.8 Å². The molecule has 0 radical (unpaired) electrons. The van der Waals surface area contributed by atoms with Gasteiger partial charge in [0.15, 0.2) is 0 Å². The molecule has 29 heavy (non-hydrogen) atoms. The number of H-pyrrole nitrogens is 1. The van der Waals surface area contributed by atoms with Crippen molar-refractivity contribution in [2.24, 2.45) is 0 Å². The Balaban J connectivity index is 1.32. The number of fused-ring (bicyclic) bond motifs is 1. The lowest BCUT2D eigenvalue weighted by Gasteiger charge is -2.34. The van der Waals surface area contributed by atoms with Crippen LogP contribution in [-0.4, -0.2) is 52.0 Å². The lowest BCUT2D eigenvalue weighted by atomic mass is 10.2. The van der Waals surface area contributed by atoms with Crippen LogP contribution in [0.2, 0.25) is 4.34 Å². The number of carbonyl (C=O) groups excluding carboxylic acids is 1. The van der Waals surface area contributed by atoms with E-state index in [1.165, 1.54) is 11.3 Å². The Morgan fingerprint density at radius 3 is 2.72 bits per heavy atom. The van der Waals surface area contributed by atoms with Gasteiger partial charge < -0.3 is 15.2 Å². The van der Waals surface area contributed by atoms with Crippen LogP contribution >= 0.6 is 22.9 Å². The number of nitrogens with zero attached hydrogens (tertiary/aromatic N) is 3. The molecular formula is C20H22ClN5O2S. The summed E-state index contributed by atoms with van der Waals surface area (Å²) in [4.78, 5) is 37.2. The zero-order valence-corrected chi connectivity index (χ0v) is 17.6. The summed E-state index contributed by atoms with van der Waals surface area (Å²) < 4.78 is 0.718. The number of carbonyl (C=O) groups is 1. The maximum Gasteiger partial charge on any atom is 0.317 e. The topological polar surface area (TPSA) is 81.3 Å². The van der Waals surface area contributed by atoms with Crippen LogP contribution in [0.5, 0.6) is 0 Å². The molecule has 2 aromatic heterocycles. The van der Waals surface area contributed by atoms with Crippen molar-refractivity contribution >= 4 is 39.9 Å². The fourth-order valence-corrected chi connectivity index (χ4v) is 4.50. The minimum atomic E-state index is -0.119. The minimum Gasteiger partial charge on any atom is -0.331 e. The molecule has 1 fully saturated rings. The number of rotatable bonds is 4. The summed E-state index contributed by atoms with van der Waals surface area (Å²) in [6.07, 6.45) is 0. The lowest BCUT2D eigenvalue weighted by Crippen LogP contribution is -2.51. The second-order valence-corrected chi connectivity index (χ2v) is 8.85. The van der Waals surface area contributed by atoms with Gasteiger partial charge in [-0.3, -0.25) is 9.69 Å². The van der Waals surface area contributed by atoms with Crippen molar-refractivity contribution in [2.45, 2.75) is 19.5 Å². The summed E-state index contributed by atoms with van der Waals surface area (Å²) in [6.45, 7) is 5.22. The fourth-order valence-electron chi connectivity index (χ4n) is 3.44. The van der Waals surface area contributed by atoms with Crippen LogP contribution in [0.4, 0.5) is 4.79 Å². The minimum absolute atomic E-state index is 0.0705. The molecule has 1 unspecified atom stereocenters. The van der Waals surface area contributed by atoms with E-state index >= 15 is 0 Å². The number of hydrogen-bond donors (Lipinski definition) is 2. The molecule has 7 nitrogen and oxygen atoms in total. The third-order valence-corrected chi connectivity index (χ3v) is 6.47. The molecule has 4 rings (SSSR count). The van der Waals surface area contributed by atoms with Gasteiger partial charge in [-0.2, -0.15) is 0 Å². The van der Waals surface area contributed by atoms with Crippen molar-refractivity contribution in [3.8, 4) is 0 Å². The first-order valence-electron chi connectivity index (χ1n) is 9.50. The van der Waals surface area contributed by atoms with Crippen molar-refractivity contribution in [1.82, 2.24) is 25.1 Å². The van der Waals surface area contributed by atoms with E-state index < -0.39 is 0 Å². The lowest BCUT2D eigenvalue weighted by molar-refractivity contribution is 0.132. The Hall–Kier alpha value is -2.42. The predicted molar refractivity (Wildman–Crippen MR) is 115 cm³/mol. The third kappa shape index (κ3) is 4.60. The molecule has 152 valence electrons. The average molecular weight is 432 g/mol. The Morgan fingerprint density at radius 2 is 2.00 bits per heavy atom. The van der Waals surface area contributed by atoms with Gasteiger partial charge in [-0.05, 0) is 31.2 Å². The van der Waals surface area contributed by atoms with E-state index in [9.17, 15) is 9.59 Å². The Bertz CT molecular complexity index is 1070. The Labute approximate surface area is 177 Å². The molecule has 1 aromatic carbocycles. The normalized spacial score (nSPS) is 16.1. The van der Waals surface area contributed by atoms with Crippen LogP contribution in [0.1, 0.15) is 23.7 Å². The van der Waals surface area contributed by atoms with Gasteiger partial charge in [-0.25, -0.2) is 9.78 Å². The molecule has 1 atom stereocenters. The highest BCUT2D eigenvalue weighted by Gasteiger charge is 2.23. The smallest absolute Gasteiger partial charge is 0.317 e. The summed E-state index contributed by atoms with van der Waals surface area (Å²) in [5.74, 6) is 0.648. The summed E-state index contributed by atoms with van der Waals surface area (Å²) in [7, 11) is 0. The van der Waals surface area contributed by atoms with Crippen LogP contribution in [0.15, 0.2) is 41.2 Å². The summed E-state index contributed by atoms with van der Waals surface area (Å²) in [5, 5.41) is 3.63. The fraction of sp³-hybridized carbons (Fsp3) is 0.350. The largest absolute Gasteiger partial charge is 0.331 e. The quantitative estimate of drug-likeness (QED) is 0.664. The monoisotopic (exact) mass is 431 g/mol. The maximum absolute atomic E-state index is 12.6. The van der Waals surface area contributed by atoms with E-state index in [-0.39, 0.29) is 17.6 Å². The summed E-state index contributed by atoms with van der Waals surface area (Å²) >= 11 is 7.45. The van der Waals surface area contributed by atoms with Crippen LogP contribution in [0.3, 0.4) is 0 Å². The number of benzene rings is 1. The van der Waals surface area contributed by atoms with Gasteiger partial charge in [0.2, 0.25) is 0 Å². The van der Waals surface area contributed by atoms with Crippen LogP contribution < -0.4 is 10.9 Å². The molecule has 0 bridgehead atoms. The van der Waals surface area contributed by atoms with Gasteiger partial charge in [0, 0.05) is 31.1 Å². The molecule has 1 saturated heterocycles. The number of aromatic nitrogens is 2. The number of urea groups is 1. The number of thiophene rings is 1. The second-order valence-electron chi connectivity index (χ2n) is 7.11. The number of aromatic amines is 1. The van der Waals surface area contributed by atoms with Gasteiger partial charge in [-0.15, -0.1) is 11.3 Å². The van der Waals surface area contributed by atoms with Crippen molar-refractivity contribution in [1.29, 1.82) is 0 Å². The molecular weight excluding hydrogens is 410 g/mol. The third-order valence-electron chi connectivity index (χ3n) is 5.06. The standard InChI is InChI=1S/C20H22ClN5O2S/c1-13(16-6-7-17(21)29-16)22-20(28)26-10-8-25(9-11-26)12-18-23-15-5-3-2-4-14(15)19(27)24-18/h2-7,13H,8-12H2,1H3,(H,22,28)(H,23,24,27).